The number of likely N-dealkylation sites (tertiary alicyclic amines) is 1. The fraction of sp³-hybridized carbons (Fsp3) is 0.562. The Labute approximate surface area is 121 Å². The predicted molar refractivity (Wildman–Crippen MR) is 81.3 cm³/mol. The average molecular weight is 276 g/mol. The number of rotatable bonds is 5. The largest absolute Gasteiger partial charge is 0.480 e. The SMILES string of the molecule is CN(C)c1ccc(CC(C)(C(=O)O)N2CCCC2)cc1. The van der Waals surface area contributed by atoms with Crippen molar-refractivity contribution in [1.29, 1.82) is 0 Å². The second-order valence-corrected chi connectivity index (χ2v) is 6.01. The van der Waals surface area contributed by atoms with Crippen LogP contribution in [0.25, 0.3) is 0 Å². The van der Waals surface area contributed by atoms with Crippen LogP contribution in [0, 0.1) is 0 Å². The first-order chi connectivity index (χ1) is 9.43. The highest BCUT2D eigenvalue weighted by molar-refractivity contribution is 5.78. The van der Waals surface area contributed by atoms with Crippen molar-refractivity contribution in [2.75, 3.05) is 32.1 Å². The molecule has 1 aliphatic rings. The molecule has 0 amide bonds. The van der Waals surface area contributed by atoms with E-state index >= 15 is 0 Å². The van der Waals surface area contributed by atoms with Crippen LogP contribution in [0.4, 0.5) is 5.69 Å². The first-order valence-electron chi connectivity index (χ1n) is 7.18. The lowest BCUT2D eigenvalue weighted by Crippen LogP contribution is -2.52. The van der Waals surface area contributed by atoms with Crippen LogP contribution in [0.3, 0.4) is 0 Å². The number of carbonyl (C=O) groups is 1. The van der Waals surface area contributed by atoms with E-state index in [0.717, 1.165) is 37.2 Å². The molecule has 0 bridgehead atoms. The number of carboxylic acids is 1. The highest BCUT2D eigenvalue weighted by Gasteiger charge is 2.40. The molecule has 1 aromatic rings. The van der Waals surface area contributed by atoms with Crippen LogP contribution in [0.1, 0.15) is 25.3 Å². The van der Waals surface area contributed by atoms with E-state index in [0.29, 0.717) is 6.42 Å². The van der Waals surface area contributed by atoms with Crippen molar-refractivity contribution in [2.45, 2.75) is 31.7 Å². The molecule has 1 aromatic carbocycles. The van der Waals surface area contributed by atoms with Gasteiger partial charge in [0.15, 0.2) is 0 Å². The maximum atomic E-state index is 11.7. The molecule has 1 saturated heterocycles. The van der Waals surface area contributed by atoms with E-state index in [1.165, 1.54) is 0 Å². The van der Waals surface area contributed by atoms with Crippen LogP contribution < -0.4 is 4.90 Å². The smallest absolute Gasteiger partial charge is 0.324 e. The Morgan fingerprint density at radius 1 is 1.25 bits per heavy atom. The number of anilines is 1. The topological polar surface area (TPSA) is 43.8 Å². The summed E-state index contributed by atoms with van der Waals surface area (Å²) in [6.07, 6.45) is 2.75. The lowest BCUT2D eigenvalue weighted by atomic mass is 9.91. The van der Waals surface area contributed by atoms with E-state index in [2.05, 4.69) is 4.90 Å². The van der Waals surface area contributed by atoms with Crippen molar-refractivity contribution in [1.82, 2.24) is 4.90 Å². The molecule has 1 aliphatic heterocycles. The van der Waals surface area contributed by atoms with Crippen molar-refractivity contribution in [2.24, 2.45) is 0 Å². The van der Waals surface area contributed by atoms with E-state index in [1.54, 1.807) is 0 Å². The molecule has 0 aliphatic carbocycles. The van der Waals surface area contributed by atoms with Crippen molar-refractivity contribution in [3.05, 3.63) is 29.8 Å². The molecule has 1 atom stereocenters. The average Bonchev–Trinajstić information content (AvgIpc) is 2.93. The molecule has 4 nitrogen and oxygen atoms in total. The van der Waals surface area contributed by atoms with E-state index in [4.69, 9.17) is 0 Å². The summed E-state index contributed by atoms with van der Waals surface area (Å²) in [7, 11) is 4.00. The van der Waals surface area contributed by atoms with Gasteiger partial charge in [0.2, 0.25) is 0 Å². The third-order valence-electron chi connectivity index (χ3n) is 4.27. The van der Waals surface area contributed by atoms with E-state index in [9.17, 15) is 9.90 Å². The Balaban J connectivity index is 2.17. The van der Waals surface area contributed by atoms with E-state index in [-0.39, 0.29) is 0 Å². The molecule has 0 saturated carbocycles. The monoisotopic (exact) mass is 276 g/mol. The van der Waals surface area contributed by atoms with Crippen LogP contribution in [-0.2, 0) is 11.2 Å². The Kier molecular flexibility index (Phi) is 4.33. The van der Waals surface area contributed by atoms with Gasteiger partial charge in [-0.1, -0.05) is 12.1 Å². The first-order valence-corrected chi connectivity index (χ1v) is 7.18. The third kappa shape index (κ3) is 2.96. The zero-order valence-electron chi connectivity index (χ0n) is 12.6. The fourth-order valence-corrected chi connectivity index (χ4v) is 2.84. The number of nitrogens with zero attached hydrogens (tertiary/aromatic N) is 2. The van der Waals surface area contributed by atoms with Crippen LogP contribution in [0.15, 0.2) is 24.3 Å². The molecule has 0 aromatic heterocycles. The lowest BCUT2D eigenvalue weighted by molar-refractivity contribution is -0.149. The van der Waals surface area contributed by atoms with Gasteiger partial charge in [0.1, 0.15) is 5.54 Å². The number of benzene rings is 1. The maximum Gasteiger partial charge on any atom is 0.324 e. The molecule has 0 spiro atoms. The number of aliphatic carboxylic acids is 1. The van der Waals surface area contributed by atoms with Gasteiger partial charge in [-0.25, -0.2) is 0 Å². The molecule has 20 heavy (non-hydrogen) atoms. The highest BCUT2D eigenvalue weighted by Crippen LogP contribution is 2.26. The fourth-order valence-electron chi connectivity index (χ4n) is 2.84. The minimum absolute atomic E-state index is 0.552. The van der Waals surface area contributed by atoms with Crippen molar-refractivity contribution in [3.63, 3.8) is 0 Å². The highest BCUT2D eigenvalue weighted by atomic mass is 16.4. The van der Waals surface area contributed by atoms with Gasteiger partial charge >= 0.3 is 5.97 Å². The second-order valence-electron chi connectivity index (χ2n) is 6.01. The van der Waals surface area contributed by atoms with Gasteiger partial charge in [-0.15, -0.1) is 0 Å². The van der Waals surface area contributed by atoms with Crippen molar-refractivity contribution < 1.29 is 9.90 Å². The molecular weight excluding hydrogens is 252 g/mol. The number of hydrogen-bond acceptors (Lipinski definition) is 3. The van der Waals surface area contributed by atoms with Gasteiger partial charge in [-0.3, -0.25) is 9.69 Å². The third-order valence-corrected chi connectivity index (χ3v) is 4.27. The molecule has 1 fully saturated rings. The normalized spacial score (nSPS) is 18.8. The second kappa shape index (κ2) is 5.83. The standard InChI is InChI=1S/C16H24N2O2/c1-16(15(19)20,18-10-4-5-11-18)12-13-6-8-14(9-7-13)17(2)3/h6-9H,4-5,10-12H2,1-3H3,(H,19,20). The van der Waals surface area contributed by atoms with Crippen LogP contribution in [0.2, 0.25) is 0 Å². The van der Waals surface area contributed by atoms with Gasteiger partial charge in [0, 0.05) is 26.2 Å². The molecule has 1 heterocycles. The minimum atomic E-state index is -0.796. The van der Waals surface area contributed by atoms with Crippen LogP contribution in [0.5, 0.6) is 0 Å². The van der Waals surface area contributed by atoms with Gasteiger partial charge in [-0.2, -0.15) is 0 Å². The summed E-state index contributed by atoms with van der Waals surface area (Å²) in [6, 6.07) is 8.16. The molecular formula is C16H24N2O2. The maximum absolute atomic E-state index is 11.7. The molecule has 2 rings (SSSR count). The van der Waals surface area contributed by atoms with Crippen molar-refractivity contribution in [3.8, 4) is 0 Å². The number of hydrogen-bond donors (Lipinski definition) is 1. The minimum Gasteiger partial charge on any atom is -0.480 e. The van der Waals surface area contributed by atoms with Crippen molar-refractivity contribution >= 4 is 11.7 Å². The quantitative estimate of drug-likeness (QED) is 0.895. The number of carboxylic acid groups (broad SMARTS) is 1. The van der Waals surface area contributed by atoms with Gasteiger partial charge < -0.3 is 10.0 Å². The van der Waals surface area contributed by atoms with E-state index < -0.39 is 11.5 Å². The summed E-state index contributed by atoms with van der Waals surface area (Å²) in [5.74, 6) is -0.726. The first kappa shape index (κ1) is 14.9. The molecule has 1 N–H and O–H groups in total. The summed E-state index contributed by atoms with van der Waals surface area (Å²) in [4.78, 5) is 15.9. The zero-order chi connectivity index (χ0) is 14.8. The van der Waals surface area contributed by atoms with Gasteiger partial charge in [0.25, 0.3) is 0 Å². The van der Waals surface area contributed by atoms with Gasteiger partial charge in [0.05, 0.1) is 0 Å². The predicted octanol–water partition coefficient (Wildman–Crippen LogP) is 2.23. The Hall–Kier alpha value is -1.55. The molecule has 1 unspecified atom stereocenters. The zero-order valence-corrected chi connectivity index (χ0v) is 12.6. The van der Waals surface area contributed by atoms with Crippen LogP contribution in [-0.4, -0.2) is 48.7 Å². The Morgan fingerprint density at radius 3 is 2.25 bits per heavy atom. The van der Waals surface area contributed by atoms with Crippen LogP contribution >= 0.6 is 0 Å². The van der Waals surface area contributed by atoms with E-state index in [1.807, 2.05) is 50.2 Å². The molecule has 110 valence electrons. The van der Waals surface area contributed by atoms with Gasteiger partial charge in [-0.05, 0) is 50.6 Å². The summed E-state index contributed by atoms with van der Waals surface area (Å²) >= 11 is 0. The molecule has 4 heteroatoms. The summed E-state index contributed by atoms with van der Waals surface area (Å²) in [6.45, 7) is 3.62. The lowest BCUT2D eigenvalue weighted by Gasteiger charge is -2.35. The Bertz CT molecular complexity index is 464. The summed E-state index contributed by atoms with van der Waals surface area (Å²) in [5.41, 5.74) is 1.41. The summed E-state index contributed by atoms with van der Waals surface area (Å²) < 4.78 is 0. The Morgan fingerprint density at radius 2 is 1.80 bits per heavy atom. The summed E-state index contributed by atoms with van der Waals surface area (Å²) in [5, 5.41) is 9.65. The molecule has 0 radical (unpaired) electrons.